The largest absolute Gasteiger partial charge is 0.463 e. The number of aromatic nitrogens is 3. The average molecular weight is 745 g/mol. The number of carbonyl (C=O) groups excluding carboxylic acids is 1. The van der Waals surface area contributed by atoms with Gasteiger partial charge < -0.3 is 9.15 Å². The van der Waals surface area contributed by atoms with Gasteiger partial charge in [0.2, 0.25) is 0 Å². The van der Waals surface area contributed by atoms with Crippen LogP contribution in [0.4, 0.5) is 13.2 Å². The number of nitrogens with zero attached hydrogens (tertiary/aromatic N) is 4. The molecule has 0 fully saturated rings. The van der Waals surface area contributed by atoms with E-state index in [4.69, 9.17) is 25.7 Å². The Morgan fingerprint density at radius 1 is 0.980 bits per heavy atom. The fraction of sp³-hybridized carbons (Fsp3) is 0.108. The highest BCUT2D eigenvalue weighted by atomic mass is 35.5. The molecule has 3 aromatic heterocycles. The van der Waals surface area contributed by atoms with Gasteiger partial charge in [-0.2, -0.15) is 13.2 Å². The molecule has 1 atom stereocenters. The van der Waals surface area contributed by atoms with Crippen LogP contribution in [0.5, 0.6) is 0 Å². The monoisotopic (exact) mass is 744 g/mol. The molecule has 14 heteroatoms. The normalized spacial score (nSPS) is 14.7. The van der Waals surface area contributed by atoms with Crippen LogP contribution in [0.1, 0.15) is 35.5 Å². The number of alkyl halides is 3. The maximum atomic E-state index is 14.1. The molecule has 0 saturated heterocycles. The van der Waals surface area contributed by atoms with E-state index in [1.54, 1.807) is 73.7 Å². The highest BCUT2D eigenvalue weighted by molar-refractivity contribution is 7.99. The van der Waals surface area contributed by atoms with Gasteiger partial charge in [-0.05, 0) is 54.6 Å². The molecule has 0 radical (unpaired) electrons. The number of halogens is 4. The lowest BCUT2D eigenvalue weighted by Gasteiger charge is -2.25. The summed E-state index contributed by atoms with van der Waals surface area (Å²) in [6, 6.07) is 27.6. The maximum Gasteiger partial charge on any atom is 0.433 e. The summed E-state index contributed by atoms with van der Waals surface area (Å²) in [6.07, 6.45) is -3.17. The first-order valence-electron chi connectivity index (χ1n) is 15.4. The summed E-state index contributed by atoms with van der Waals surface area (Å²) in [5.74, 6) is -0.358. The second-order valence-corrected chi connectivity index (χ2v) is 13.4. The number of esters is 1. The summed E-state index contributed by atoms with van der Waals surface area (Å²) >= 11 is 8.12. The van der Waals surface area contributed by atoms with Crippen molar-refractivity contribution in [1.29, 1.82) is 0 Å². The SMILES string of the molecule is CCOC(=O)C1=C(c2ccccc2)N=c2s/c(=C/c3ccc(Sc4nc(-c5ccccc5)cc(C(F)(F)F)n4)o3)c(=O)n2[C@@H]1c1ccc(Cl)cc1. The maximum absolute atomic E-state index is 14.1. The number of hydrogen-bond donors (Lipinski definition) is 0. The molecular weight excluding hydrogens is 721 g/mol. The number of hydrogen-bond acceptors (Lipinski definition) is 9. The molecule has 6 aromatic rings. The Morgan fingerprint density at radius 3 is 2.33 bits per heavy atom. The Labute approximate surface area is 301 Å². The quantitative estimate of drug-likeness (QED) is 0.116. The van der Waals surface area contributed by atoms with E-state index in [-0.39, 0.29) is 38.4 Å². The highest BCUT2D eigenvalue weighted by Gasteiger charge is 2.36. The molecule has 1 aliphatic heterocycles. The Bertz CT molecular complexity index is 2460. The van der Waals surface area contributed by atoms with Gasteiger partial charge >= 0.3 is 12.1 Å². The molecule has 7 rings (SSSR count). The number of furan rings is 1. The zero-order valence-electron chi connectivity index (χ0n) is 26.4. The van der Waals surface area contributed by atoms with Crippen molar-refractivity contribution < 1.29 is 27.1 Å². The molecule has 0 saturated carbocycles. The molecule has 51 heavy (non-hydrogen) atoms. The molecule has 0 aliphatic carbocycles. The van der Waals surface area contributed by atoms with Crippen LogP contribution >= 0.6 is 34.7 Å². The van der Waals surface area contributed by atoms with E-state index in [2.05, 4.69) is 9.97 Å². The Kier molecular flexibility index (Phi) is 9.51. The Morgan fingerprint density at radius 2 is 1.67 bits per heavy atom. The molecular formula is C37H24ClF3N4O4S2. The van der Waals surface area contributed by atoms with Crippen molar-refractivity contribution >= 4 is 52.4 Å². The van der Waals surface area contributed by atoms with E-state index in [9.17, 15) is 22.8 Å². The second-order valence-electron chi connectivity index (χ2n) is 11.0. The van der Waals surface area contributed by atoms with Crippen molar-refractivity contribution in [2.75, 3.05) is 6.61 Å². The summed E-state index contributed by atoms with van der Waals surface area (Å²) < 4.78 is 54.4. The van der Waals surface area contributed by atoms with Crippen molar-refractivity contribution in [3.63, 3.8) is 0 Å². The van der Waals surface area contributed by atoms with E-state index in [1.807, 2.05) is 30.3 Å². The third kappa shape index (κ3) is 7.18. The van der Waals surface area contributed by atoms with Crippen LogP contribution in [0.3, 0.4) is 0 Å². The number of carbonyl (C=O) groups is 1. The van der Waals surface area contributed by atoms with Gasteiger partial charge in [0.15, 0.2) is 15.1 Å². The number of fused-ring (bicyclic) bond motifs is 1. The smallest absolute Gasteiger partial charge is 0.433 e. The Hall–Kier alpha value is -5.24. The molecule has 0 amide bonds. The van der Waals surface area contributed by atoms with Gasteiger partial charge in [-0.25, -0.2) is 19.8 Å². The van der Waals surface area contributed by atoms with Gasteiger partial charge in [-0.1, -0.05) is 95.7 Å². The minimum Gasteiger partial charge on any atom is -0.463 e. The van der Waals surface area contributed by atoms with Crippen LogP contribution in [0.2, 0.25) is 5.02 Å². The fourth-order valence-electron chi connectivity index (χ4n) is 5.46. The molecule has 0 N–H and O–H groups in total. The molecule has 8 nitrogen and oxygen atoms in total. The van der Waals surface area contributed by atoms with E-state index in [1.165, 1.54) is 10.6 Å². The van der Waals surface area contributed by atoms with Crippen LogP contribution in [-0.2, 0) is 15.7 Å². The van der Waals surface area contributed by atoms with Gasteiger partial charge in [-0.15, -0.1) is 0 Å². The minimum absolute atomic E-state index is 0.111. The lowest BCUT2D eigenvalue weighted by molar-refractivity contribution is -0.141. The zero-order chi connectivity index (χ0) is 35.7. The van der Waals surface area contributed by atoms with Crippen LogP contribution < -0.4 is 14.9 Å². The first kappa shape index (κ1) is 34.2. The zero-order valence-corrected chi connectivity index (χ0v) is 28.8. The molecule has 256 valence electrons. The summed E-state index contributed by atoms with van der Waals surface area (Å²) in [5, 5.41) is 0.531. The molecule has 0 spiro atoms. The van der Waals surface area contributed by atoms with Gasteiger partial charge in [-0.3, -0.25) is 9.36 Å². The molecule has 4 heterocycles. The van der Waals surface area contributed by atoms with E-state index in [0.29, 0.717) is 32.2 Å². The topological polar surface area (TPSA) is 99.6 Å². The third-order valence-electron chi connectivity index (χ3n) is 7.69. The predicted octanol–water partition coefficient (Wildman–Crippen LogP) is 7.81. The average Bonchev–Trinajstić information content (AvgIpc) is 3.70. The van der Waals surface area contributed by atoms with Crippen LogP contribution in [0.25, 0.3) is 23.0 Å². The standard InChI is InChI=1S/C37H24ClF3N4O4S2/c1-2-48-34(47)30-31(22-11-7-4-8-12-22)44-36-45(32(30)23-13-15-24(38)16-14-23)33(46)27(50-36)19-25-17-18-29(49-25)51-35-42-26(21-9-5-3-6-10-21)20-28(43-35)37(39,40)41/h3-20,32H,2H2,1H3/b27-19+/t32-/m1/s1. The first-order valence-corrected chi connectivity index (χ1v) is 17.4. The molecule has 0 bridgehead atoms. The summed E-state index contributed by atoms with van der Waals surface area (Å²) in [5.41, 5.74) is 0.933. The lowest BCUT2D eigenvalue weighted by atomic mass is 9.93. The number of ether oxygens (including phenoxy) is 1. The van der Waals surface area contributed by atoms with Gasteiger partial charge in [0.25, 0.3) is 5.56 Å². The number of thiazole rings is 1. The van der Waals surface area contributed by atoms with Crippen LogP contribution in [0, 0.1) is 0 Å². The van der Waals surface area contributed by atoms with E-state index >= 15 is 0 Å². The van der Waals surface area contributed by atoms with Gasteiger partial charge in [0.05, 0.1) is 34.1 Å². The fourth-order valence-corrected chi connectivity index (χ4v) is 7.31. The van der Waals surface area contributed by atoms with Crippen molar-refractivity contribution in [3.05, 3.63) is 156 Å². The highest BCUT2D eigenvalue weighted by Crippen LogP contribution is 2.37. The summed E-state index contributed by atoms with van der Waals surface area (Å²) in [4.78, 5) is 41.0. The predicted molar refractivity (Wildman–Crippen MR) is 188 cm³/mol. The van der Waals surface area contributed by atoms with Crippen molar-refractivity contribution in [2.24, 2.45) is 4.99 Å². The van der Waals surface area contributed by atoms with E-state index < -0.39 is 29.4 Å². The number of rotatable bonds is 8. The Balaban J connectivity index is 1.31. The first-order chi connectivity index (χ1) is 24.6. The van der Waals surface area contributed by atoms with Crippen LogP contribution in [0.15, 0.2) is 133 Å². The van der Waals surface area contributed by atoms with Crippen molar-refractivity contribution in [3.8, 4) is 11.3 Å². The molecule has 0 unspecified atom stereocenters. The van der Waals surface area contributed by atoms with Crippen LogP contribution in [-0.4, -0.2) is 27.1 Å². The summed E-state index contributed by atoms with van der Waals surface area (Å²) in [7, 11) is 0. The second kappa shape index (κ2) is 14.2. The van der Waals surface area contributed by atoms with Gasteiger partial charge in [0.1, 0.15) is 11.5 Å². The molecule has 3 aromatic carbocycles. The van der Waals surface area contributed by atoms with Gasteiger partial charge in [0, 0.05) is 22.2 Å². The van der Waals surface area contributed by atoms with E-state index in [0.717, 1.165) is 29.2 Å². The lowest BCUT2D eigenvalue weighted by Crippen LogP contribution is -2.39. The number of benzene rings is 3. The third-order valence-corrected chi connectivity index (χ3v) is 9.71. The minimum atomic E-state index is -4.69. The van der Waals surface area contributed by atoms with Crippen molar-refractivity contribution in [2.45, 2.75) is 29.4 Å². The van der Waals surface area contributed by atoms with Crippen molar-refractivity contribution in [1.82, 2.24) is 14.5 Å². The summed E-state index contributed by atoms with van der Waals surface area (Å²) in [6.45, 7) is 1.81. The molecule has 1 aliphatic rings.